The lowest BCUT2D eigenvalue weighted by molar-refractivity contribution is -0.137. The topological polar surface area (TPSA) is 147 Å². The van der Waals surface area contributed by atoms with E-state index < -0.39 is 33.8 Å². The Hall–Kier alpha value is -1.19. The number of aliphatic carboxylic acids is 1. The van der Waals surface area contributed by atoms with Gasteiger partial charge < -0.3 is 16.2 Å². The van der Waals surface area contributed by atoms with Crippen LogP contribution in [0, 0.1) is 0 Å². The minimum atomic E-state index is -4.28. The second kappa shape index (κ2) is 7.20. The first-order chi connectivity index (χ1) is 7.72. The fourth-order valence-corrected chi connectivity index (χ4v) is 1.65. The molecule has 0 aliphatic rings. The molecule has 8 nitrogen and oxygen atoms in total. The SMILES string of the molecule is NC(CS(=O)(=O)O)C(=O)NCCCCC(=O)O. The van der Waals surface area contributed by atoms with Crippen LogP contribution in [0.4, 0.5) is 0 Å². The van der Waals surface area contributed by atoms with E-state index in [9.17, 15) is 18.0 Å². The molecule has 0 spiro atoms. The molecule has 0 rings (SSSR count). The molecule has 0 aromatic rings. The molecule has 0 radical (unpaired) electrons. The molecule has 0 aliphatic heterocycles. The summed E-state index contributed by atoms with van der Waals surface area (Å²) in [5.41, 5.74) is 5.22. The number of unbranched alkanes of at least 4 members (excludes halogenated alkanes) is 1. The quantitative estimate of drug-likeness (QED) is 0.312. The summed E-state index contributed by atoms with van der Waals surface area (Å²) in [5, 5.41) is 10.7. The third-order valence-corrected chi connectivity index (χ3v) is 2.62. The number of nitrogens with two attached hydrogens (primary N) is 1. The van der Waals surface area contributed by atoms with Crippen LogP contribution in [0.5, 0.6) is 0 Å². The number of amides is 1. The molecule has 0 heterocycles. The molecule has 100 valence electrons. The zero-order valence-electron chi connectivity index (χ0n) is 9.13. The van der Waals surface area contributed by atoms with Crippen molar-refractivity contribution in [1.29, 1.82) is 0 Å². The Morgan fingerprint density at radius 2 is 1.88 bits per heavy atom. The van der Waals surface area contributed by atoms with Crippen molar-refractivity contribution >= 4 is 22.0 Å². The Bertz CT molecular complexity index is 366. The van der Waals surface area contributed by atoms with Gasteiger partial charge >= 0.3 is 5.97 Å². The normalized spacial score (nSPS) is 13.1. The second-order valence-electron chi connectivity index (χ2n) is 3.50. The molecule has 0 saturated heterocycles. The molecule has 0 fully saturated rings. The molecule has 0 aromatic heterocycles. The van der Waals surface area contributed by atoms with E-state index in [0.717, 1.165) is 0 Å². The lowest BCUT2D eigenvalue weighted by Gasteiger charge is -2.10. The molecule has 0 bridgehead atoms. The number of hydrogen-bond acceptors (Lipinski definition) is 5. The van der Waals surface area contributed by atoms with Gasteiger partial charge in [-0.15, -0.1) is 0 Å². The Balaban J connectivity index is 3.75. The highest BCUT2D eigenvalue weighted by Gasteiger charge is 2.19. The predicted octanol–water partition coefficient (Wildman–Crippen LogP) is -1.43. The first kappa shape index (κ1) is 15.8. The lowest BCUT2D eigenvalue weighted by Crippen LogP contribution is -2.45. The van der Waals surface area contributed by atoms with Gasteiger partial charge in [0.15, 0.2) is 0 Å². The number of hydrogen-bond donors (Lipinski definition) is 4. The Labute approximate surface area is 98.9 Å². The van der Waals surface area contributed by atoms with Gasteiger partial charge in [-0.1, -0.05) is 0 Å². The molecule has 0 aromatic carbocycles. The van der Waals surface area contributed by atoms with Gasteiger partial charge in [-0.2, -0.15) is 8.42 Å². The zero-order valence-corrected chi connectivity index (χ0v) is 9.94. The van der Waals surface area contributed by atoms with E-state index in [-0.39, 0.29) is 13.0 Å². The van der Waals surface area contributed by atoms with Crippen molar-refractivity contribution in [1.82, 2.24) is 5.32 Å². The maximum absolute atomic E-state index is 11.2. The third-order valence-electron chi connectivity index (χ3n) is 1.84. The third kappa shape index (κ3) is 9.72. The number of nitrogens with one attached hydrogen (secondary N) is 1. The minimum Gasteiger partial charge on any atom is -0.481 e. The molecule has 9 heteroatoms. The van der Waals surface area contributed by atoms with E-state index in [1.165, 1.54) is 0 Å². The summed E-state index contributed by atoms with van der Waals surface area (Å²) in [4.78, 5) is 21.3. The van der Waals surface area contributed by atoms with E-state index in [1.54, 1.807) is 0 Å². The van der Waals surface area contributed by atoms with Crippen molar-refractivity contribution in [2.75, 3.05) is 12.3 Å². The summed E-state index contributed by atoms with van der Waals surface area (Å²) in [5.74, 6) is -2.45. The molecular weight excluding hydrogens is 252 g/mol. The average Bonchev–Trinajstić information content (AvgIpc) is 2.13. The average molecular weight is 268 g/mol. The summed E-state index contributed by atoms with van der Waals surface area (Å²) >= 11 is 0. The van der Waals surface area contributed by atoms with Crippen LogP contribution in [-0.4, -0.2) is 48.3 Å². The van der Waals surface area contributed by atoms with Crippen LogP contribution in [0.1, 0.15) is 19.3 Å². The molecule has 1 amide bonds. The number of carbonyl (C=O) groups is 2. The summed E-state index contributed by atoms with van der Waals surface area (Å²) < 4.78 is 29.3. The van der Waals surface area contributed by atoms with Gasteiger partial charge in [-0.05, 0) is 12.8 Å². The maximum atomic E-state index is 11.2. The monoisotopic (exact) mass is 268 g/mol. The van der Waals surface area contributed by atoms with E-state index in [0.29, 0.717) is 12.8 Å². The smallest absolute Gasteiger partial charge is 0.303 e. The van der Waals surface area contributed by atoms with Crippen molar-refractivity contribution in [3.8, 4) is 0 Å². The van der Waals surface area contributed by atoms with E-state index in [4.69, 9.17) is 15.4 Å². The first-order valence-electron chi connectivity index (χ1n) is 4.92. The van der Waals surface area contributed by atoms with Gasteiger partial charge in [0, 0.05) is 13.0 Å². The van der Waals surface area contributed by atoms with Gasteiger partial charge in [0.1, 0.15) is 6.04 Å². The number of carbonyl (C=O) groups excluding carboxylic acids is 1. The summed E-state index contributed by atoms with van der Waals surface area (Å²) in [6.07, 6.45) is 0.868. The fraction of sp³-hybridized carbons (Fsp3) is 0.750. The maximum Gasteiger partial charge on any atom is 0.303 e. The van der Waals surface area contributed by atoms with Crippen molar-refractivity contribution in [3.63, 3.8) is 0 Å². The van der Waals surface area contributed by atoms with E-state index in [2.05, 4.69) is 5.32 Å². The van der Waals surface area contributed by atoms with Crippen molar-refractivity contribution in [2.24, 2.45) is 5.73 Å². The second-order valence-corrected chi connectivity index (χ2v) is 4.99. The van der Waals surface area contributed by atoms with Gasteiger partial charge in [0.25, 0.3) is 10.1 Å². The Morgan fingerprint density at radius 1 is 1.29 bits per heavy atom. The van der Waals surface area contributed by atoms with Gasteiger partial charge in [-0.25, -0.2) is 0 Å². The molecule has 0 saturated carbocycles. The highest BCUT2D eigenvalue weighted by atomic mass is 32.2. The van der Waals surface area contributed by atoms with Crippen molar-refractivity contribution in [3.05, 3.63) is 0 Å². The fourth-order valence-electron chi connectivity index (χ4n) is 1.05. The summed E-state index contributed by atoms with van der Waals surface area (Å²) in [6.45, 7) is 0.214. The summed E-state index contributed by atoms with van der Waals surface area (Å²) in [6, 6.07) is -1.33. The zero-order chi connectivity index (χ0) is 13.5. The number of rotatable bonds is 8. The lowest BCUT2D eigenvalue weighted by atomic mass is 10.2. The van der Waals surface area contributed by atoms with Crippen LogP contribution >= 0.6 is 0 Å². The predicted molar refractivity (Wildman–Crippen MR) is 58.9 cm³/mol. The number of carboxylic acids is 1. The van der Waals surface area contributed by atoms with Gasteiger partial charge in [0.2, 0.25) is 5.91 Å². The molecule has 17 heavy (non-hydrogen) atoms. The van der Waals surface area contributed by atoms with E-state index >= 15 is 0 Å². The highest BCUT2D eigenvalue weighted by molar-refractivity contribution is 7.85. The van der Waals surface area contributed by atoms with Gasteiger partial charge in [0.05, 0.1) is 5.75 Å². The minimum absolute atomic E-state index is 0.00689. The summed E-state index contributed by atoms with van der Waals surface area (Å²) in [7, 11) is -4.28. The molecule has 1 atom stereocenters. The van der Waals surface area contributed by atoms with Gasteiger partial charge in [-0.3, -0.25) is 14.1 Å². The van der Waals surface area contributed by atoms with E-state index in [1.807, 2.05) is 0 Å². The standard InChI is InChI=1S/C8H16N2O6S/c9-6(5-17(14,15)16)8(13)10-4-2-1-3-7(11)12/h6H,1-5,9H2,(H,10,13)(H,11,12)(H,14,15,16). The van der Waals surface area contributed by atoms with Crippen LogP contribution in [0.25, 0.3) is 0 Å². The molecular formula is C8H16N2O6S. The van der Waals surface area contributed by atoms with Crippen LogP contribution < -0.4 is 11.1 Å². The van der Waals surface area contributed by atoms with Crippen LogP contribution in [0.2, 0.25) is 0 Å². The van der Waals surface area contributed by atoms with Crippen LogP contribution in [-0.2, 0) is 19.7 Å². The Kier molecular flexibility index (Phi) is 6.69. The van der Waals surface area contributed by atoms with Crippen LogP contribution in [0.15, 0.2) is 0 Å². The number of carboxylic acid groups (broad SMARTS) is 1. The molecule has 1 unspecified atom stereocenters. The first-order valence-corrected chi connectivity index (χ1v) is 6.53. The van der Waals surface area contributed by atoms with Crippen LogP contribution in [0.3, 0.4) is 0 Å². The highest BCUT2D eigenvalue weighted by Crippen LogP contribution is 1.94. The molecule has 5 N–H and O–H groups in total. The van der Waals surface area contributed by atoms with Crippen molar-refractivity contribution in [2.45, 2.75) is 25.3 Å². The Morgan fingerprint density at radius 3 is 2.35 bits per heavy atom. The molecule has 0 aliphatic carbocycles. The largest absolute Gasteiger partial charge is 0.481 e. The van der Waals surface area contributed by atoms with Crippen molar-refractivity contribution < 1.29 is 27.7 Å².